The summed E-state index contributed by atoms with van der Waals surface area (Å²) in [7, 11) is 1.62. The molecule has 0 bridgehead atoms. The molecule has 5 heteroatoms. The van der Waals surface area contributed by atoms with E-state index < -0.39 is 5.60 Å². The van der Waals surface area contributed by atoms with Crippen molar-refractivity contribution in [2.45, 2.75) is 38.2 Å². The minimum Gasteiger partial charge on any atom is -0.496 e. The summed E-state index contributed by atoms with van der Waals surface area (Å²) in [5.41, 5.74) is 1.10. The Morgan fingerprint density at radius 3 is 2.68 bits per heavy atom. The molecular formula is C23H29NO4. The molecule has 1 unspecified atom stereocenters. The maximum Gasteiger partial charge on any atom is 0.227 e. The van der Waals surface area contributed by atoms with Gasteiger partial charge < -0.3 is 19.5 Å². The fourth-order valence-electron chi connectivity index (χ4n) is 3.63. The van der Waals surface area contributed by atoms with Crippen molar-refractivity contribution in [1.82, 2.24) is 4.90 Å². The number of ether oxygens (including phenoxy) is 2. The molecule has 1 heterocycles. The van der Waals surface area contributed by atoms with E-state index in [2.05, 4.69) is 0 Å². The van der Waals surface area contributed by atoms with Gasteiger partial charge in [0.25, 0.3) is 0 Å². The van der Waals surface area contributed by atoms with E-state index in [9.17, 15) is 9.90 Å². The molecule has 1 aliphatic heterocycles. The molecule has 3 rings (SSSR count). The minimum atomic E-state index is -0.911. The van der Waals surface area contributed by atoms with Gasteiger partial charge in [-0.15, -0.1) is 0 Å². The SMILES string of the molecule is COc1ccc(C)cc1CC(=O)N1CCCC(O)(COc2ccccc2)CC1. The van der Waals surface area contributed by atoms with Crippen molar-refractivity contribution in [3.05, 3.63) is 59.7 Å². The molecule has 5 nitrogen and oxygen atoms in total. The Balaban J connectivity index is 1.58. The molecular weight excluding hydrogens is 354 g/mol. The fraction of sp³-hybridized carbons (Fsp3) is 0.435. The number of amides is 1. The maximum atomic E-state index is 12.8. The first-order valence-electron chi connectivity index (χ1n) is 9.81. The zero-order chi connectivity index (χ0) is 20.0. The van der Waals surface area contributed by atoms with E-state index in [0.717, 1.165) is 29.0 Å². The van der Waals surface area contributed by atoms with Crippen molar-refractivity contribution in [2.75, 3.05) is 26.8 Å². The highest BCUT2D eigenvalue weighted by molar-refractivity contribution is 5.79. The van der Waals surface area contributed by atoms with Gasteiger partial charge in [0.1, 0.15) is 23.7 Å². The molecule has 0 aromatic heterocycles. The van der Waals surface area contributed by atoms with Gasteiger partial charge in [-0.3, -0.25) is 4.79 Å². The van der Waals surface area contributed by atoms with Crippen molar-refractivity contribution in [2.24, 2.45) is 0 Å². The summed E-state index contributed by atoms with van der Waals surface area (Å²) in [6.45, 7) is 3.43. The first kappa shape index (κ1) is 20.2. The average Bonchev–Trinajstić information content (AvgIpc) is 2.90. The van der Waals surface area contributed by atoms with Crippen LogP contribution in [0.3, 0.4) is 0 Å². The number of hydrogen-bond donors (Lipinski definition) is 1. The van der Waals surface area contributed by atoms with Gasteiger partial charge in [-0.1, -0.05) is 35.9 Å². The first-order chi connectivity index (χ1) is 13.5. The van der Waals surface area contributed by atoms with Gasteiger partial charge >= 0.3 is 0 Å². The Morgan fingerprint density at radius 2 is 1.93 bits per heavy atom. The molecule has 1 aliphatic rings. The smallest absolute Gasteiger partial charge is 0.227 e. The monoisotopic (exact) mass is 383 g/mol. The standard InChI is InChI=1S/C23H29NO4/c1-18-9-10-21(27-2)19(15-18)16-22(25)24-13-6-11-23(26,12-14-24)17-28-20-7-4-3-5-8-20/h3-5,7-10,15,26H,6,11-14,16-17H2,1-2H3. The average molecular weight is 383 g/mol. The number of carbonyl (C=O) groups excluding carboxylic acids is 1. The number of para-hydroxylation sites is 1. The van der Waals surface area contributed by atoms with Crippen LogP contribution in [-0.4, -0.2) is 48.3 Å². The number of aliphatic hydroxyl groups is 1. The molecule has 2 aromatic carbocycles. The first-order valence-corrected chi connectivity index (χ1v) is 9.81. The highest BCUT2D eigenvalue weighted by Gasteiger charge is 2.32. The summed E-state index contributed by atoms with van der Waals surface area (Å²) in [5, 5.41) is 10.9. The van der Waals surface area contributed by atoms with Crippen LogP contribution in [0.5, 0.6) is 11.5 Å². The van der Waals surface area contributed by atoms with E-state index >= 15 is 0 Å². The summed E-state index contributed by atoms with van der Waals surface area (Å²) in [5.74, 6) is 1.55. The van der Waals surface area contributed by atoms with Gasteiger partial charge in [-0.2, -0.15) is 0 Å². The topological polar surface area (TPSA) is 59.0 Å². The number of carbonyl (C=O) groups is 1. The Bertz CT molecular complexity index is 792. The van der Waals surface area contributed by atoms with Crippen LogP contribution in [0.4, 0.5) is 0 Å². The number of methoxy groups -OCH3 is 1. The van der Waals surface area contributed by atoms with Gasteiger partial charge in [0.05, 0.1) is 13.5 Å². The lowest BCUT2D eigenvalue weighted by Crippen LogP contribution is -2.38. The molecule has 0 spiro atoms. The highest BCUT2D eigenvalue weighted by Crippen LogP contribution is 2.26. The van der Waals surface area contributed by atoms with Crippen LogP contribution in [0.15, 0.2) is 48.5 Å². The van der Waals surface area contributed by atoms with Gasteiger partial charge in [-0.25, -0.2) is 0 Å². The summed E-state index contributed by atoms with van der Waals surface area (Å²) in [6.07, 6.45) is 2.20. The summed E-state index contributed by atoms with van der Waals surface area (Å²) in [6, 6.07) is 15.4. The molecule has 150 valence electrons. The van der Waals surface area contributed by atoms with Gasteiger partial charge in [0.15, 0.2) is 0 Å². The van der Waals surface area contributed by atoms with E-state index in [1.807, 2.05) is 60.4 Å². The highest BCUT2D eigenvalue weighted by atomic mass is 16.5. The lowest BCUT2D eigenvalue weighted by atomic mass is 9.96. The van der Waals surface area contributed by atoms with Gasteiger partial charge in [-0.05, 0) is 44.4 Å². The number of hydrogen-bond acceptors (Lipinski definition) is 4. The van der Waals surface area contributed by atoms with Gasteiger partial charge in [0, 0.05) is 18.7 Å². The second-order valence-electron chi connectivity index (χ2n) is 7.55. The van der Waals surface area contributed by atoms with Crippen molar-refractivity contribution in [3.63, 3.8) is 0 Å². The Kier molecular flexibility index (Phi) is 6.57. The zero-order valence-corrected chi connectivity index (χ0v) is 16.7. The van der Waals surface area contributed by atoms with E-state index in [1.165, 1.54) is 0 Å². The zero-order valence-electron chi connectivity index (χ0n) is 16.7. The molecule has 1 atom stereocenters. The molecule has 0 aliphatic carbocycles. The molecule has 1 saturated heterocycles. The Hall–Kier alpha value is -2.53. The fourth-order valence-corrected chi connectivity index (χ4v) is 3.63. The van der Waals surface area contributed by atoms with Crippen LogP contribution in [0, 0.1) is 6.92 Å². The van der Waals surface area contributed by atoms with Crippen LogP contribution in [0.1, 0.15) is 30.4 Å². The Morgan fingerprint density at radius 1 is 1.14 bits per heavy atom. The number of likely N-dealkylation sites (tertiary alicyclic amines) is 1. The van der Waals surface area contributed by atoms with E-state index in [1.54, 1.807) is 7.11 Å². The lowest BCUT2D eigenvalue weighted by molar-refractivity contribution is -0.130. The summed E-state index contributed by atoms with van der Waals surface area (Å²) >= 11 is 0. The van der Waals surface area contributed by atoms with Crippen molar-refractivity contribution < 1.29 is 19.4 Å². The number of benzene rings is 2. The largest absolute Gasteiger partial charge is 0.496 e. The van der Waals surface area contributed by atoms with E-state index in [-0.39, 0.29) is 12.5 Å². The molecule has 1 fully saturated rings. The lowest BCUT2D eigenvalue weighted by Gasteiger charge is -2.27. The predicted molar refractivity (Wildman–Crippen MR) is 109 cm³/mol. The number of aryl methyl sites for hydroxylation is 1. The molecule has 1 amide bonds. The number of rotatable bonds is 6. The number of nitrogens with zero attached hydrogens (tertiary/aromatic N) is 1. The predicted octanol–water partition coefficient (Wildman–Crippen LogP) is 3.37. The molecule has 2 aromatic rings. The summed E-state index contributed by atoms with van der Waals surface area (Å²) < 4.78 is 11.2. The van der Waals surface area contributed by atoms with E-state index in [0.29, 0.717) is 32.4 Å². The minimum absolute atomic E-state index is 0.0668. The van der Waals surface area contributed by atoms with Crippen LogP contribution < -0.4 is 9.47 Å². The van der Waals surface area contributed by atoms with Crippen molar-refractivity contribution in [1.29, 1.82) is 0 Å². The van der Waals surface area contributed by atoms with Crippen LogP contribution >= 0.6 is 0 Å². The van der Waals surface area contributed by atoms with Crippen LogP contribution in [0.2, 0.25) is 0 Å². The molecule has 1 N–H and O–H groups in total. The normalized spacial score (nSPS) is 19.8. The quantitative estimate of drug-likeness (QED) is 0.831. The van der Waals surface area contributed by atoms with Crippen molar-refractivity contribution >= 4 is 5.91 Å². The second kappa shape index (κ2) is 9.11. The van der Waals surface area contributed by atoms with E-state index in [4.69, 9.17) is 9.47 Å². The third-order valence-corrected chi connectivity index (χ3v) is 5.30. The van der Waals surface area contributed by atoms with Gasteiger partial charge in [0.2, 0.25) is 5.91 Å². The summed E-state index contributed by atoms with van der Waals surface area (Å²) in [4.78, 5) is 14.7. The maximum absolute atomic E-state index is 12.8. The third kappa shape index (κ3) is 5.26. The van der Waals surface area contributed by atoms with Crippen molar-refractivity contribution in [3.8, 4) is 11.5 Å². The molecule has 0 radical (unpaired) electrons. The van der Waals surface area contributed by atoms with Crippen LogP contribution in [-0.2, 0) is 11.2 Å². The Labute approximate surface area is 166 Å². The van der Waals surface area contributed by atoms with Crippen LogP contribution in [0.25, 0.3) is 0 Å². The third-order valence-electron chi connectivity index (χ3n) is 5.30. The molecule has 28 heavy (non-hydrogen) atoms. The second-order valence-corrected chi connectivity index (χ2v) is 7.55. The molecule has 0 saturated carbocycles.